The van der Waals surface area contributed by atoms with Gasteiger partial charge < -0.3 is 10.2 Å². The van der Waals surface area contributed by atoms with E-state index in [4.69, 9.17) is 4.98 Å². The second-order valence-corrected chi connectivity index (χ2v) is 6.86. The summed E-state index contributed by atoms with van der Waals surface area (Å²) in [5.41, 5.74) is 1.17. The minimum atomic E-state index is 0.867. The van der Waals surface area contributed by atoms with E-state index in [-0.39, 0.29) is 0 Å². The Labute approximate surface area is 128 Å². The van der Waals surface area contributed by atoms with Crippen molar-refractivity contribution in [2.45, 2.75) is 46.0 Å². The van der Waals surface area contributed by atoms with Gasteiger partial charge in [0.15, 0.2) is 0 Å². The van der Waals surface area contributed by atoms with Gasteiger partial charge in [0.1, 0.15) is 17.5 Å². The molecule has 3 rings (SSSR count). The lowest BCUT2D eigenvalue weighted by Crippen LogP contribution is -2.30. The van der Waals surface area contributed by atoms with Crippen LogP contribution in [-0.2, 0) is 6.42 Å². The molecular formula is C17H28N4. The standard InChI is InChI=1S/C17H28N4/c1-5-15-19-16(18-3)11(2)17(20-15)21(4)10-14-9-12-6-7-13(14)8-12/h12-14H,5-10H2,1-4H3,(H,18,19,20). The van der Waals surface area contributed by atoms with Gasteiger partial charge in [-0.3, -0.25) is 0 Å². The number of fused-ring (bicyclic) bond motifs is 2. The van der Waals surface area contributed by atoms with E-state index in [1.54, 1.807) is 0 Å². The minimum absolute atomic E-state index is 0.867. The molecule has 3 atom stereocenters. The van der Waals surface area contributed by atoms with Gasteiger partial charge in [0.05, 0.1) is 0 Å². The van der Waals surface area contributed by atoms with Crippen molar-refractivity contribution >= 4 is 11.6 Å². The quantitative estimate of drug-likeness (QED) is 0.903. The Morgan fingerprint density at radius 3 is 2.62 bits per heavy atom. The third-order valence-electron chi connectivity index (χ3n) is 5.47. The fraction of sp³-hybridized carbons (Fsp3) is 0.765. The van der Waals surface area contributed by atoms with Crippen LogP contribution in [-0.4, -0.2) is 30.6 Å². The van der Waals surface area contributed by atoms with Crippen molar-refractivity contribution in [3.8, 4) is 0 Å². The third-order valence-corrected chi connectivity index (χ3v) is 5.47. The van der Waals surface area contributed by atoms with Crippen LogP contribution in [0.1, 0.15) is 44.0 Å². The van der Waals surface area contributed by atoms with E-state index in [1.807, 2.05) is 7.05 Å². The summed E-state index contributed by atoms with van der Waals surface area (Å²) in [7, 11) is 4.13. The summed E-state index contributed by atoms with van der Waals surface area (Å²) in [5.74, 6) is 5.85. The molecule has 21 heavy (non-hydrogen) atoms. The largest absolute Gasteiger partial charge is 0.373 e. The van der Waals surface area contributed by atoms with Gasteiger partial charge in [-0.05, 0) is 43.9 Å². The van der Waals surface area contributed by atoms with E-state index in [2.05, 4.69) is 36.1 Å². The number of hydrogen-bond acceptors (Lipinski definition) is 4. The Bertz CT molecular complexity index is 514. The van der Waals surface area contributed by atoms with Crippen LogP contribution in [0.4, 0.5) is 11.6 Å². The van der Waals surface area contributed by atoms with Crippen molar-refractivity contribution in [2.24, 2.45) is 17.8 Å². The molecule has 116 valence electrons. The Morgan fingerprint density at radius 2 is 2.05 bits per heavy atom. The van der Waals surface area contributed by atoms with Gasteiger partial charge in [0.2, 0.25) is 0 Å². The highest BCUT2D eigenvalue weighted by molar-refractivity contribution is 5.58. The number of nitrogens with zero attached hydrogens (tertiary/aromatic N) is 3. The highest BCUT2D eigenvalue weighted by Crippen LogP contribution is 2.48. The number of rotatable bonds is 5. The first-order valence-electron chi connectivity index (χ1n) is 8.38. The van der Waals surface area contributed by atoms with Gasteiger partial charge in [-0.2, -0.15) is 0 Å². The molecule has 2 saturated carbocycles. The zero-order chi connectivity index (χ0) is 15.0. The zero-order valence-electron chi connectivity index (χ0n) is 13.8. The highest BCUT2D eigenvalue weighted by atomic mass is 15.2. The van der Waals surface area contributed by atoms with Crippen LogP contribution in [0, 0.1) is 24.7 Å². The predicted molar refractivity (Wildman–Crippen MR) is 87.9 cm³/mol. The molecule has 0 aromatic carbocycles. The first kappa shape index (κ1) is 14.6. The summed E-state index contributed by atoms with van der Waals surface area (Å²) in [6.07, 6.45) is 6.71. The molecule has 0 radical (unpaired) electrons. The molecule has 1 heterocycles. The van der Waals surface area contributed by atoms with E-state index in [9.17, 15) is 0 Å². The molecular weight excluding hydrogens is 260 g/mol. The van der Waals surface area contributed by atoms with Gasteiger partial charge in [0.25, 0.3) is 0 Å². The van der Waals surface area contributed by atoms with Crippen LogP contribution in [0.15, 0.2) is 0 Å². The van der Waals surface area contributed by atoms with Crippen molar-refractivity contribution < 1.29 is 0 Å². The SMILES string of the molecule is CCc1nc(NC)c(C)c(N(C)CC2CC3CCC2C3)n1. The van der Waals surface area contributed by atoms with E-state index in [1.165, 1.54) is 31.2 Å². The Morgan fingerprint density at radius 1 is 1.24 bits per heavy atom. The molecule has 2 aliphatic rings. The molecule has 0 aliphatic heterocycles. The Kier molecular flexibility index (Phi) is 4.05. The second kappa shape index (κ2) is 5.82. The maximum Gasteiger partial charge on any atom is 0.137 e. The van der Waals surface area contributed by atoms with Gasteiger partial charge in [-0.15, -0.1) is 0 Å². The molecule has 4 nitrogen and oxygen atoms in total. The van der Waals surface area contributed by atoms with Crippen LogP contribution in [0.3, 0.4) is 0 Å². The summed E-state index contributed by atoms with van der Waals surface area (Å²) in [6.45, 7) is 5.38. The first-order chi connectivity index (χ1) is 10.1. The van der Waals surface area contributed by atoms with Crippen LogP contribution in [0.25, 0.3) is 0 Å². The fourth-order valence-electron chi connectivity index (χ4n) is 4.36. The van der Waals surface area contributed by atoms with Crippen molar-refractivity contribution in [2.75, 3.05) is 30.9 Å². The molecule has 1 aromatic heterocycles. The maximum atomic E-state index is 4.78. The van der Waals surface area contributed by atoms with Crippen molar-refractivity contribution in [1.29, 1.82) is 0 Å². The van der Waals surface area contributed by atoms with Crippen molar-refractivity contribution in [1.82, 2.24) is 9.97 Å². The van der Waals surface area contributed by atoms with Crippen molar-refractivity contribution in [3.63, 3.8) is 0 Å². The lowest BCUT2D eigenvalue weighted by atomic mass is 9.88. The van der Waals surface area contributed by atoms with Gasteiger partial charge in [0, 0.05) is 32.6 Å². The number of hydrogen-bond donors (Lipinski definition) is 1. The minimum Gasteiger partial charge on any atom is -0.373 e. The monoisotopic (exact) mass is 288 g/mol. The molecule has 2 fully saturated rings. The molecule has 3 unspecified atom stereocenters. The Hall–Kier alpha value is -1.32. The van der Waals surface area contributed by atoms with Crippen LogP contribution >= 0.6 is 0 Å². The first-order valence-corrected chi connectivity index (χ1v) is 8.38. The summed E-state index contributed by atoms with van der Waals surface area (Å²) in [5, 5.41) is 3.21. The molecule has 1 aromatic rings. The smallest absolute Gasteiger partial charge is 0.137 e. The molecule has 0 saturated heterocycles. The fourth-order valence-corrected chi connectivity index (χ4v) is 4.36. The third kappa shape index (κ3) is 2.72. The molecule has 2 bridgehead atoms. The molecule has 1 N–H and O–H groups in total. The van der Waals surface area contributed by atoms with E-state index in [0.29, 0.717) is 0 Å². The summed E-state index contributed by atoms with van der Waals surface area (Å²) in [6, 6.07) is 0. The van der Waals surface area contributed by atoms with Crippen molar-refractivity contribution in [3.05, 3.63) is 11.4 Å². The van der Waals surface area contributed by atoms with E-state index < -0.39 is 0 Å². The topological polar surface area (TPSA) is 41.1 Å². The maximum absolute atomic E-state index is 4.78. The van der Waals surface area contributed by atoms with Crippen LogP contribution < -0.4 is 10.2 Å². The van der Waals surface area contributed by atoms with Gasteiger partial charge in [-0.1, -0.05) is 13.3 Å². The molecule has 0 amide bonds. The van der Waals surface area contributed by atoms with Gasteiger partial charge in [-0.25, -0.2) is 9.97 Å². The average Bonchev–Trinajstić information content (AvgIpc) is 3.10. The molecule has 0 spiro atoms. The summed E-state index contributed by atoms with van der Waals surface area (Å²) in [4.78, 5) is 11.7. The second-order valence-electron chi connectivity index (χ2n) is 6.86. The number of anilines is 2. The van der Waals surface area contributed by atoms with Crippen LogP contribution in [0.5, 0.6) is 0 Å². The predicted octanol–water partition coefficient (Wildman–Crippen LogP) is 3.26. The van der Waals surface area contributed by atoms with Crippen LogP contribution in [0.2, 0.25) is 0 Å². The summed E-state index contributed by atoms with van der Waals surface area (Å²) >= 11 is 0. The molecule has 4 heteroatoms. The van der Waals surface area contributed by atoms with Gasteiger partial charge >= 0.3 is 0 Å². The van der Waals surface area contributed by atoms with E-state index in [0.717, 1.165) is 48.2 Å². The molecule has 2 aliphatic carbocycles. The number of nitrogens with one attached hydrogen (secondary N) is 1. The Balaban J connectivity index is 1.78. The summed E-state index contributed by atoms with van der Waals surface area (Å²) < 4.78 is 0. The lowest BCUT2D eigenvalue weighted by molar-refractivity contribution is 0.337. The average molecular weight is 288 g/mol. The zero-order valence-corrected chi connectivity index (χ0v) is 13.8. The lowest BCUT2D eigenvalue weighted by Gasteiger charge is -2.29. The van der Waals surface area contributed by atoms with E-state index >= 15 is 0 Å². The number of aryl methyl sites for hydroxylation is 1. The number of aromatic nitrogens is 2. The normalized spacial score (nSPS) is 27.1. The highest BCUT2D eigenvalue weighted by Gasteiger charge is 2.39.